The molecule has 0 bridgehead atoms. The van der Waals surface area contributed by atoms with Gasteiger partial charge in [-0.25, -0.2) is 9.78 Å². The van der Waals surface area contributed by atoms with Crippen LogP contribution in [0, 0.1) is 10.1 Å². The number of esters is 1. The van der Waals surface area contributed by atoms with Gasteiger partial charge in [-0.05, 0) is 36.4 Å². The first kappa shape index (κ1) is 17.6. The van der Waals surface area contributed by atoms with Crippen LogP contribution in [0.1, 0.15) is 4.88 Å². The van der Waals surface area contributed by atoms with Crippen molar-refractivity contribution < 1.29 is 18.9 Å². The smallest absolute Gasteiger partial charge is 0.336 e. The zero-order chi connectivity index (χ0) is 19.5. The van der Waals surface area contributed by atoms with Gasteiger partial charge in [-0.15, -0.1) is 0 Å². The number of benzene rings is 2. The molecule has 0 N–H and O–H groups in total. The van der Waals surface area contributed by atoms with Crippen LogP contribution in [-0.4, -0.2) is 15.9 Å². The van der Waals surface area contributed by atoms with Crippen molar-refractivity contribution in [2.24, 2.45) is 0 Å². The number of aromatic nitrogens is 1. The summed E-state index contributed by atoms with van der Waals surface area (Å²) in [5, 5.41) is 10.7. The lowest BCUT2D eigenvalue weighted by molar-refractivity contribution is -0.380. The van der Waals surface area contributed by atoms with Crippen molar-refractivity contribution in [1.29, 1.82) is 0 Å². The molecule has 2 heterocycles. The topological polar surface area (TPSA) is 95.5 Å². The molecule has 28 heavy (non-hydrogen) atoms. The number of ether oxygens (including phenoxy) is 1. The zero-order valence-corrected chi connectivity index (χ0v) is 15.1. The van der Waals surface area contributed by atoms with Gasteiger partial charge in [0, 0.05) is 28.6 Å². The Morgan fingerprint density at radius 1 is 1.14 bits per heavy atom. The fourth-order valence-electron chi connectivity index (χ4n) is 2.50. The molecule has 2 aromatic carbocycles. The first-order chi connectivity index (χ1) is 13.6. The molecular weight excluding hydrogens is 380 g/mol. The Labute approximate surface area is 162 Å². The maximum atomic E-state index is 12.0. The van der Waals surface area contributed by atoms with Gasteiger partial charge in [0.1, 0.15) is 11.3 Å². The Balaban J connectivity index is 1.48. The fourth-order valence-corrected chi connectivity index (χ4v) is 3.23. The number of thiophene rings is 1. The van der Waals surface area contributed by atoms with E-state index in [4.69, 9.17) is 9.15 Å². The highest BCUT2D eigenvalue weighted by molar-refractivity contribution is 7.16. The molecule has 0 saturated carbocycles. The van der Waals surface area contributed by atoms with E-state index in [0.717, 1.165) is 16.9 Å². The van der Waals surface area contributed by atoms with E-state index in [1.807, 2.05) is 30.3 Å². The van der Waals surface area contributed by atoms with Crippen molar-refractivity contribution >= 4 is 39.5 Å². The van der Waals surface area contributed by atoms with E-state index in [2.05, 4.69) is 4.98 Å². The molecule has 0 saturated heterocycles. The van der Waals surface area contributed by atoms with Gasteiger partial charge in [-0.3, -0.25) is 10.1 Å². The molecule has 0 aliphatic carbocycles. The largest absolute Gasteiger partial charge is 0.436 e. The number of carbonyl (C=O) groups is 1. The predicted molar refractivity (Wildman–Crippen MR) is 105 cm³/mol. The second kappa shape index (κ2) is 7.45. The van der Waals surface area contributed by atoms with E-state index in [1.54, 1.807) is 24.3 Å². The number of carbonyl (C=O) groups excluding carboxylic acids is 1. The maximum absolute atomic E-state index is 12.0. The van der Waals surface area contributed by atoms with Gasteiger partial charge in [0.15, 0.2) is 5.58 Å². The van der Waals surface area contributed by atoms with Crippen LogP contribution < -0.4 is 4.74 Å². The van der Waals surface area contributed by atoms with Crippen LogP contribution in [-0.2, 0) is 4.79 Å². The summed E-state index contributed by atoms with van der Waals surface area (Å²) in [7, 11) is 0. The Morgan fingerprint density at radius 3 is 2.71 bits per heavy atom. The first-order valence-electron chi connectivity index (χ1n) is 8.18. The molecule has 138 valence electrons. The van der Waals surface area contributed by atoms with E-state index in [0.29, 0.717) is 27.6 Å². The summed E-state index contributed by atoms with van der Waals surface area (Å²) in [6, 6.07) is 17.4. The van der Waals surface area contributed by atoms with Gasteiger partial charge in [0.2, 0.25) is 5.89 Å². The molecule has 4 rings (SSSR count). The normalized spacial score (nSPS) is 11.1. The molecule has 0 unspecified atom stereocenters. The Morgan fingerprint density at radius 2 is 1.96 bits per heavy atom. The molecule has 0 amide bonds. The van der Waals surface area contributed by atoms with Crippen LogP contribution in [0.3, 0.4) is 0 Å². The third-order valence-corrected chi connectivity index (χ3v) is 4.78. The third-order valence-electron chi connectivity index (χ3n) is 3.78. The van der Waals surface area contributed by atoms with Gasteiger partial charge in [-0.1, -0.05) is 29.5 Å². The highest BCUT2D eigenvalue weighted by Gasteiger charge is 2.11. The summed E-state index contributed by atoms with van der Waals surface area (Å²) in [4.78, 5) is 27.2. The number of nitro groups is 1. The fraction of sp³-hybridized carbons (Fsp3) is 0. The molecule has 7 nitrogen and oxygen atoms in total. The summed E-state index contributed by atoms with van der Waals surface area (Å²) in [5.74, 6) is 0.200. The van der Waals surface area contributed by atoms with Crippen LogP contribution in [0.15, 0.2) is 71.2 Å². The van der Waals surface area contributed by atoms with Crippen LogP contribution in [0.4, 0.5) is 5.00 Å². The van der Waals surface area contributed by atoms with Crippen molar-refractivity contribution in [1.82, 2.24) is 4.98 Å². The van der Waals surface area contributed by atoms with Gasteiger partial charge in [-0.2, -0.15) is 0 Å². The van der Waals surface area contributed by atoms with E-state index in [9.17, 15) is 14.9 Å². The molecule has 0 radical (unpaired) electrons. The van der Waals surface area contributed by atoms with E-state index in [1.165, 1.54) is 18.2 Å². The molecular formula is C20H12N2O5S. The number of oxazole rings is 1. The summed E-state index contributed by atoms with van der Waals surface area (Å²) >= 11 is 0.975. The zero-order valence-electron chi connectivity index (χ0n) is 14.3. The highest BCUT2D eigenvalue weighted by Crippen LogP contribution is 2.27. The van der Waals surface area contributed by atoms with Crippen LogP contribution in [0.2, 0.25) is 0 Å². The Bertz CT molecular complexity index is 1190. The van der Waals surface area contributed by atoms with Crippen LogP contribution in [0.5, 0.6) is 5.75 Å². The summed E-state index contributed by atoms with van der Waals surface area (Å²) in [6.07, 6.45) is 2.69. The molecule has 0 aliphatic rings. The minimum Gasteiger partial charge on any atom is -0.436 e. The standard InChI is InChI=1S/C20H12N2O5S/c23-19(11-8-15-7-10-18(28-15)22(24)25)26-14-6-9-16-17(12-14)27-20(21-16)13-4-2-1-3-5-13/h1-12H/b11-8+. The molecule has 0 aliphatic heterocycles. The van der Waals surface area contributed by atoms with Crippen molar-refractivity contribution in [2.45, 2.75) is 0 Å². The average Bonchev–Trinajstić information content (AvgIpc) is 3.34. The molecule has 0 atom stereocenters. The lowest BCUT2D eigenvalue weighted by Gasteiger charge is -1.99. The predicted octanol–water partition coefficient (Wildman–Crippen LogP) is 5.08. The molecule has 0 fully saturated rings. The van der Waals surface area contributed by atoms with E-state index in [-0.39, 0.29) is 5.00 Å². The lowest BCUT2D eigenvalue weighted by Crippen LogP contribution is -2.03. The lowest BCUT2D eigenvalue weighted by atomic mass is 10.2. The monoisotopic (exact) mass is 392 g/mol. The molecule has 2 aromatic heterocycles. The first-order valence-corrected chi connectivity index (χ1v) is 9.00. The van der Waals surface area contributed by atoms with Gasteiger partial charge in [0.25, 0.3) is 0 Å². The molecule has 8 heteroatoms. The van der Waals surface area contributed by atoms with E-state index >= 15 is 0 Å². The Hall–Kier alpha value is -3.78. The quantitative estimate of drug-likeness (QED) is 0.154. The van der Waals surface area contributed by atoms with Crippen molar-refractivity contribution in [3.63, 3.8) is 0 Å². The SMILES string of the molecule is O=C(/C=C/c1ccc([N+](=O)[O-])s1)Oc1ccc2nc(-c3ccccc3)oc2c1. The second-order valence-corrected chi connectivity index (χ2v) is 6.80. The summed E-state index contributed by atoms with van der Waals surface area (Å²) in [6.45, 7) is 0. The van der Waals surface area contributed by atoms with Gasteiger partial charge in [0.05, 0.1) is 4.92 Å². The third kappa shape index (κ3) is 3.81. The number of hydrogen-bond donors (Lipinski definition) is 0. The minimum absolute atomic E-state index is 0.0120. The van der Waals surface area contributed by atoms with Gasteiger partial charge >= 0.3 is 11.0 Å². The van der Waals surface area contributed by atoms with Crippen LogP contribution >= 0.6 is 11.3 Å². The summed E-state index contributed by atoms with van der Waals surface area (Å²) < 4.78 is 11.0. The van der Waals surface area contributed by atoms with Crippen molar-refractivity contribution in [3.05, 3.63) is 81.7 Å². The number of hydrogen-bond acceptors (Lipinski definition) is 7. The van der Waals surface area contributed by atoms with Crippen molar-refractivity contribution in [2.75, 3.05) is 0 Å². The minimum atomic E-state index is -0.599. The van der Waals surface area contributed by atoms with E-state index < -0.39 is 10.9 Å². The summed E-state index contributed by atoms with van der Waals surface area (Å²) in [5.41, 5.74) is 2.01. The average molecular weight is 392 g/mol. The van der Waals surface area contributed by atoms with Gasteiger partial charge < -0.3 is 9.15 Å². The number of fused-ring (bicyclic) bond motifs is 1. The highest BCUT2D eigenvalue weighted by atomic mass is 32.1. The molecule has 4 aromatic rings. The molecule has 0 spiro atoms. The second-order valence-electron chi connectivity index (χ2n) is 5.70. The number of nitrogens with zero attached hydrogens (tertiary/aromatic N) is 2. The van der Waals surface area contributed by atoms with Crippen molar-refractivity contribution in [3.8, 4) is 17.2 Å². The number of rotatable bonds is 5. The maximum Gasteiger partial charge on any atom is 0.336 e. The van der Waals surface area contributed by atoms with Crippen LogP contribution in [0.25, 0.3) is 28.6 Å². The Kier molecular flexibility index (Phi) is 4.69.